The molecule has 4 amide bonds. The van der Waals surface area contributed by atoms with Crippen molar-refractivity contribution in [3.8, 4) is 5.75 Å². The molecule has 0 unspecified atom stereocenters. The molecule has 0 radical (unpaired) electrons. The predicted octanol–water partition coefficient (Wildman–Crippen LogP) is 1.14. The second-order valence-electron chi connectivity index (χ2n) is 5.70. The first-order valence-corrected chi connectivity index (χ1v) is 7.74. The monoisotopic (exact) mass is 349 g/mol. The summed E-state index contributed by atoms with van der Waals surface area (Å²) >= 11 is 0. The van der Waals surface area contributed by atoms with E-state index in [2.05, 4.69) is 10.6 Å². The highest BCUT2D eigenvalue weighted by atomic mass is 16.4. The van der Waals surface area contributed by atoms with Crippen LogP contribution in [0.1, 0.15) is 37.0 Å². The first-order valence-electron chi connectivity index (χ1n) is 7.74. The molecule has 1 heterocycles. The summed E-state index contributed by atoms with van der Waals surface area (Å²) < 4.78 is 0. The van der Waals surface area contributed by atoms with Gasteiger partial charge in [0.2, 0.25) is 5.91 Å². The molecule has 1 aromatic rings. The largest absolute Gasteiger partial charge is 0.507 e. The first kappa shape index (κ1) is 18.2. The summed E-state index contributed by atoms with van der Waals surface area (Å²) in [5, 5.41) is 23.4. The number of phenols is 1. The molecule has 2 rings (SSSR count). The molecule has 0 aromatic heterocycles. The molecule has 0 spiro atoms. The Morgan fingerprint density at radius 1 is 1.24 bits per heavy atom. The number of imide groups is 1. The maximum atomic E-state index is 12.4. The number of benzene rings is 1. The molecule has 25 heavy (non-hydrogen) atoms. The van der Waals surface area contributed by atoms with E-state index in [0.29, 0.717) is 12.8 Å². The van der Waals surface area contributed by atoms with Crippen LogP contribution in [0.2, 0.25) is 0 Å². The van der Waals surface area contributed by atoms with Crippen LogP contribution < -0.4 is 10.6 Å². The summed E-state index contributed by atoms with van der Waals surface area (Å²) in [4.78, 5) is 48.4. The van der Waals surface area contributed by atoms with E-state index < -0.39 is 41.6 Å². The van der Waals surface area contributed by atoms with Crippen molar-refractivity contribution in [2.75, 3.05) is 11.9 Å². The average molecular weight is 349 g/mol. The highest BCUT2D eigenvalue weighted by molar-refractivity contribution is 6.10. The number of aromatic carboxylic acids is 1. The predicted molar refractivity (Wildman–Crippen MR) is 87.3 cm³/mol. The Kier molecular flexibility index (Phi) is 4.96. The number of nitrogens with one attached hydrogen (secondary N) is 2. The molecule has 1 fully saturated rings. The molecule has 4 N–H and O–H groups in total. The number of carbonyl (C=O) groups is 4. The van der Waals surface area contributed by atoms with Crippen molar-refractivity contribution in [3.05, 3.63) is 23.8 Å². The van der Waals surface area contributed by atoms with Crippen LogP contribution in [0.25, 0.3) is 0 Å². The molecule has 1 aromatic carbocycles. The third-order valence-electron chi connectivity index (χ3n) is 4.27. The summed E-state index contributed by atoms with van der Waals surface area (Å²) in [6.45, 7) is 3.06. The van der Waals surface area contributed by atoms with Crippen molar-refractivity contribution in [1.29, 1.82) is 0 Å². The molecule has 9 heteroatoms. The van der Waals surface area contributed by atoms with Gasteiger partial charge in [0.15, 0.2) is 0 Å². The molecule has 9 nitrogen and oxygen atoms in total. The van der Waals surface area contributed by atoms with Gasteiger partial charge in [-0.2, -0.15) is 0 Å². The minimum atomic E-state index is -1.35. The summed E-state index contributed by atoms with van der Waals surface area (Å²) in [6.07, 6.45) is 0.818. The van der Waals surface area contributed by atoms with Crippen LogP contribution in [0.3, 0.4) is 0 Å². The fourth-order valence-corrected chi connectivity index (χ4v) is 2.68. The first-order chi connectivity index (χ1) is 11.7. The van der Waals surface area contributed by atoms with E-state index in [1.807, 2.05) is 0 Å². The van der Waals surface area contributed by atoms with Crippen molar-refractivity contribution >= 4 is 29.5 Å². The minimum Gasteiger partial charge on any atom is -0.507 e. The van der Waals surface area contributed by atoms with E-state index in [-0.39, 0.29) is 11.3 Å². The number of amides is 4. The van der Waals surface area contributed by atoms with Gasteiger partial charge >= 0.3 is 12.0 Å². The Balaban J connectivity index is 2.11. The zero-order valence-corrected chi connectivity index (χ0v) is 13.8. The number of urea groups is 1. The summed E-state index contributed by atoms with van der Waals surface area (Å²) in [5.41, 5.74) is -1.24. The van der Waals surface area contributed by atoms with E-state index >= 15 is 0 Å². The lowest BCUT2D eigenvalue weighted by Crippen LogP contribution is -2.46. The van der Waals surface area contributed by atoms with Crippen LogP contribution in [-0.2, 0) is 9.59 Å². The molecular weight excluding hydrogens is 330 g/mol. The number of hydrogen-bond acceptors (Lipinski definition) is 5. The molecule has 1 aliphatic heterocycles. The van der Waals surface area contributed by atoms with E-state index in [9.17, 15) is 24.3 Å². The lowest BCUT2D eigenvalue weighted by Gasteiger charge is -2.23. The molecule has 1 aliphatic rings. The van der Waals surface area contributed by atoms with Crippen LogP contribution in [0.15, 0.2) is 18.2 Å². The van der Waals surface area contributed by atoms with Crippen molar-refractivity contribution in [3.63, 3.8) is 0 Å². The van der Waals surface area contributed by atoms with Crippen LogP contribution in [-0.4, -0.2) is 51.0 Å². The van der Waals surface area contributed by atoms with Gasteiger partial charge in [0.25, 0.3) is 5.91 Å². The number of rotatable bonds is 6. The maximum Gasteiger partial charge on any atom is 0.339 e. The standard InChI is InChI=1S/C16H19N3O6/c1-3-16(4-2)14(24)19(15(25)18-16)8-12(21)17-9-5-6-11(20)10(7-9)13(22)23/h5-7,20H,3-4,8H2,1-2H3,(H,17,21)(H,18,25)(H,22,23). The van der Waals surface area contributed by atoms with Gasteiger partial charge in [0.1, 0.15) is 23.4 Å². The van der Waals surface area contributed by atoms with E-state index in [0.717, 1.165) is 17.0 Å². The zero-order chi connectivity index (χ0) is 18.8. The van der Waals surface area contributed by atoms with E-state index in [1.54, 1.807) is 13.8 Å². The third kappa shape index (κ3) is 3.39. The van der Waals surface area contributed by atoms with Gasteiger partial charge in [-0.1, -0.05) is 13.8 Å². The second kappa shape index (κ2) is 6.80. The second-order valence-corrected chi connectivity index (χ2v) is 5.70. The number of carboxylic acid groups (broad SMARTS) is 1. The van der Waals surface area contributed by atoms with Gasteiger partial charge in [-0.05, 0) is 31.0 Å². The highest BCUT2D eigenvalue weighted by Gasteiger charge is 2.49. The molecule has 1 saturated heterocycles. The number of nitrogens with zero attached hydrogens (tertiary/aromatic N) is 1. The molecule has 0 aliphatic carbocycles. The zero-order valence-electron chi connectivity index (χ0n) is 13.8. The van der Waals surface area contributed by atoms with E-state index in [4.69, 9.17) is 5.11 Å². The molecule has 0 atom stereocenters. The Bertz CT molecular complexity index is 741. The summed E-state index contributed by atoms with van der Waals surface area (Å²) in [5.74, 6) is -2.91. The number of hydrogen-bond donors (Lipinski definition) is 4. The van der Waals surface area contributed by atoms with Crippen LogP contribution in [0.4, 0.5) is 10.5 Å². The van der Waals surface area contributed by atoms with Gasteiger partial charge < -0.3 is 20.8 Å². The molecular formula is C16H19N3O6. The van der Waals surface area contributed by atoms with Crippen molar-refractivity contribution in [1.82, 2.24) is 10.2 Å². The van der Waals surface area contributed by atoms with Gasteiger partial charge in [-0.3, -0.25) is 14.5 Å². The highest BCUT2D eigenvalue weighted by Crippen LogP contribution is 2.25. The fourth-order valence-electron chi connectivity index (χ4n) is 2.68. The van der Waals surface area contributed by atoms with Crippen molar-refractivity contribution in [2.24, 2.45) is 0 Å². The topological polar surface area (TPSA) is 136 Å². The van der Waals surface area contributed by atoms with Crippen molar-refractivity contribution < 1.29 is 29.4 Å². The lowest BCUT2D eigenvalue weighted by atomic mass is 9.93. The van der Waals surface area contributed by atoms with Crippen molar-refractivity contribution in [2.45, 2.75) is 32.2 Å². The normalized spacial score (nSPS) is 15.8. The van der Waals surface area contributed by atoms with E-state index in [1.165, 1.54) is 6.07 Å². The SMILES string of the molecule is CCC1(CC)NC(=O)N(CC(=O)Nc2ccc(O)c(C(=O)O)c2)C1=O. The number of carbonyl (C=O) groups excluding carboxylic acids is 3. The van der Waals surface area contributed by atoms with Crippen LogP contribution in [0.5, 0.6) is 5.75 Å². The van der Waals surface area contributed by atoms with Gasteiger partial charge in [-0.15, -0.1) is 0 Å². The Morgan fingerprint density at radius 2 is 1.88 bits per heavy atom. The minimum absolute atomic E-state index is 0.129. The Morgan fingerprint density at radius 3 is 2.40 bits per heavy atom. The molecule has 0 bridgehead atoms. The average Bonchev–Trinajstić information content (AvgIpc) is 2.81. The van der Waals surface area contributed by atoms with Crippen LogP contribution in [0, 0.1) is 0 Å². The van der Waals surface area contributed by atoms with Crippen LogP contribution >= 0.6 is 0 Å². The molecule has 134 valence electrons. The number of anilines is 1. The van der Waals surface area contributed by atoms with Gasteiger partial charge in [0.05, 0.1) is 0 Å². The Hall–Kier alpha value is -3.10. The molecule has 0 saturated carbocycles. The maximum absolute atomic E-state index is 12.4. The number of carboxylic acids is 1. The Labute approximate surface area is 143 Å². The number of aromatic hydroxyl groups is 1. The summed E-state index contributed by atoms with van der Waals surface area (Å²) in [6, 6.07) is 2.89. The lowest BCUT2D eigenvalue weighted by molar-refractivity contribution is -0.134. The quantitative estimate of drug-likeness (QED) is 0.449. The fraction of sp³-hybridized carbons (Fsp3) is 0.375. The summed E-state index contributed by atoms with van der Waals surface area (Å²) in [7, 11) is 0. The van der Waals surface area contributed by atoms with Gasteiger partial charge in [0, 0.05) is 5.69 Å². The smallest absolute Gasteiger partial charge is 0.339 e. The third-order valence-corrected chi connectivity index (χ3v) is 4.27. The van der Waals surface area contributed by atoms with Gasteiger partial charge in [-0.25, -0.2) is 9.59 Å².